The molecule has 100 valence electrons. The van der Waals surface area contributed by atoms with Gasteiger partial charge in [-0.25, -0.2) is 0 Å². The lowest BCUT2D eigenvalue weighted by atomic mass is 10.0. The quantitative estimate of drug-likeness (QED) is 0.883. The number of carbonyl (C=O) groups excluding carboxylic acids is 1. The average molecular weight is 332 g/mol. The van der Waals surface area contributed by atoms with Gasteiger partial charge in [-0.3, -0.25) is 9.69 Å². The van der Waals surface area contributed by atoms with Gasteiger partial charge in [-0.05, 0) is 28.4 Å². The van der Waals surface area contributed by atoms with E-state index in [-0.39, 0.29) is 18.0 Å². The second-order valence-corrected chi connectivity index (χ2v) is 6.36. The average Bonchev–Trinajstić information content (AvgIpc) is 2.76. The summed E-state index contributed by atoms with van der Waals surface area (Å²) in [5.41, 5.74) is 6.25. The number of hydrogen-bond acceptors (Lipinski definition) is 4. The van der Waals surface area contributed by atoms with Crippen LogP contribution in [0.1, 0.15) is 24.3 Å². The molecular formula is C12H18BrN3OS. The summed E-state index contributed by atoms with van der Waals surface area (Å²) in [5.74, 6) is 0.0881. The van der Waals surface area contributed by atoms with Gasteiger partial charge in [0.25, 0.3) is 0 Å². The van der Waals surface area contributed by atoms with E-state index < -0.39 is 0 Å². The van der Waals surface area contributed by atoms with Crippen molar-refractivity contribution in [3.63, 3.8) is 0 Å². The van der Waals surface area contributed by atoms with Gasteiger partial charge in [0.1, 0.15) is 0 Å². The van der Waals surface area contributed by atoms with E-state index in [9.17, 15) is 4.79 Å². The van der Waals surface area contributed by atoms with Crippen molar-refractivity contribution in [2.45, 2.75) is 25.4 Å². The van der Waals surface area contributed by atoms with Crippen LogP contribution in [0.2, 0.25) is 0 Å². The second kappa shape index (κ2) is 6.14. The minimum absolute atomic E-state index is 0.0569. The SMILES string of the molecule is CCC(N)C(c1cc(Br)cs1)N1CCNC(=O)C1. The third-order valence-corrected chi connectivity index (χ3v) is 4.98. The van der Waals surface area contributed by atoms with Gasteiger partial charge in [-0.1, -0.05) is 6.92 Å². The van der Waals surface area contributed by atoms with Crippen molar-refractivity contribution in [2.75, 3.05) is 19.6 Å². The molecule has 1 fully saturated rings. The summed E-state index contributed by atoms with van der Waals surface area (Å²) in [5, 5.41) is 4.92. The molecule has 0 saturated carbocycles. The number of nitrogens with two attached hydrogens (primary N) is 1. The highest BCUT2D eigenvalue weighted by Gasteiger charge is 2.30. The smallest absolute Gasteiger partial charge is 0.234 e. The summed E-state index contributed by atoms with van der Waals surface area (Å²) >= 11 is 5.18. The van der Waals surface area contributed by atoms with Crippen LogP contribution in [0.3, 0.4) is 0 Å². The molecule has 2 heterocycles. The molecule has 0 aromatic carbocycles. The molecule has 0 bridgehead atoms. The van der Waals surface area contributed by atoms with E-state index in [1.54, 1.807) is 11.3 Å². The molecule has 1 aliphatic heterocycles. The molecule has 2 rings (SSSR count). The Morgan fingerprint density at radius 1 is 1.67 bits per heavy atom. The van der Waals surface area contributed by atoms with Crippen molar-refractivity contribution in [1.82, 2.24) is 10.2 Å². The fourth-order valence-corrected chi connectivity index (χ4v) is 3.92. The Morgan fingerprint density at radius 3 is 3.00 bits per heavy atom. The first-order chi connectivity index (χ1) is 8.61. The van der Waals surface area contributed by atoms with E-state index in [1.807, 2.05) is 0 Å². The predicted molar refractivity (Wildman–Crippen MR) is 77.6 cm³/mol. The van der Waals surface area contributed by atoms with Gasteiger partial charge >= 0.3 is 0 Å². The van der Waals surface area contributed by atoms with Crippen molar-refractivity contribution < 1.29 is 4.79 Å². The maximum atomic E-state index is 11.5. The Labute approximate surface area is 120 Å². The lowest BCUT2D eigenvalue weighted by molar-refractivity contribution is -0.125. The monoisotopic (exact) mass is 331 g/mol. The summed E-state index contributed by atoms with van der Waals surface area (Å²) < 4.78 is 1.08. The van der Waals surface area contributed by atoms with E-state index in [2.05, 4.69) is 44.5 Å². The topological polar surface area (TPSA) is 58.4 Å². The normalized spacial score (nSPS) is 20.5. The van der Waals surface area contributed by atoms with Crippen LogP contribution >= 0.6 is 27.3 Å². The van der Waals surface area contributed by atoms with Gasteiger partial charge in [-0.15, -0.1) is 11.3 Å². The fraction of sp³-hybridized carbons (Fsp3) is 0.583. The largest absolute Gasteiger partial charge is 0.354 e. The van der Waals surface area contributed by atoms with Gasteiger partial charge in [0, 0.05) is 33.9 Å². The van der Waals surface area contributed by atoms with E-state index in [4.69, 9.17) is 5.73 Å². The maximum absolute atomic E-state index is 11.5. The molecular weight excluding hydrogens is 314 g/mol. The third kappa shape index (κ3) is 3.12. The zero-order chi connectivity index (χ0) is 13.1. The van der Waals surface area contributed by atoms with E-state index in [0.717, 1.165) is 17.4 Å². The number of halogens is 1. The molecule has 0 radical (unpaired) electrons. The third-order valence-electron chi connectivity index (χ3n) is 3.22. The van der Waals surface area contributed by atoms with Crippen LogP contribution < -0.4 is 11.1 Å². The van der Waals surface area contributed by atoms with E-state index in [0.29, 0.717) is 13.1 Å². The molecule has 3 N–H and O–H groups in total. The molecule has 0 aliphatic carbocycles. The molecule has 2 atom stereocenters. The minimum Gasteiger partial charge on any atom is -0.354 e. The lowest BCUT2D eigenvalue weighted by Gasteiger charge is -2.36. The van der Waals surface area contributed by atoms with Gasteiger partial charge in [0.2, 0.25) is 5.91 Å². The Balaban J connectivity index is 2.22. The summed E-state index contributed by atoms with van der Waals surface area (Å²) in [7, 11) is 0. The number of nitrogens with one attached hydrogen (secondary N) is 1. The first-order valence-corrected chi connectivity index (χ1v) is 7.79. The van der Waals surface area contributed by atoms with Crippen LogP contribution in [0.15, 0.2) is 15.9 Å². The summed E-state index contributed by atoms with van der Waals surface area (Å²) in [6, 6.07) is 2.30. The van der Waals surface area contributed by atoms with Crippen molar-refractivity contribution in [2.24, 2.45) is 5.73 Å². The Hall–Kier alpha value is -0.430. The number of rotatable bonds is 4. The molecule has 1 amide bonds. The van der Waals surface area contributed by atoms with E-state index >= 15 is 0 Å². The lowest BCUT2D eigenvalue weighted by Crippen LogP contribution is -2.52. The first-order valence-electron chi connectivity index (χ1n) is 6.12. The number of nitrogens with zero attached hydrogens (tertiary/aromatic N) is 1. The maximum Gasteiger partial charge on any atom is 0.234 e. The fourth-order valence-electron chi connectivity index (χ4n) is 2.26. The number of hydrogen-bond donors (Lipinski definition) is 2. The van der Waals surface area contributed by atoms with Crippen molar-refractivity contribution in [1.29, 1.82) is 0 Å². The minimum atomic E-state index is 0.0569. The molecule has 0 spiro atoms. The van der Waals surface area contributed by atoms with Crippen LogP contribution in [0, 0.1) is 0 Å². The van der Waals surface area contributed by atoms with Gasteiger partial charge in [-0.2, -0.15) is 0 Å². The van der Waals surface area contributed by atoms with Crippen molar-refractivity contribution in [3.05, 3.63) is 20.8 Å². The highest BCUT2D eigenvalue weighted by atomic mass is 79.9. The first kappa shape index (κ1) is 14.0. The van der Waals surface area contributed by atoms with Gasteiger partial charge in [0.05, 0.1) is 12.6 Å². The Morgan fingerprint density at radius 2 is 2.44 bits per heavy atom. The van der Waals surface area contributed by atoms with Gasteiger partial charge < -0.3 is 11.1 Å². The van der Waals surface area contributed by atoms with Crippen LogP contribution in [0.4, 0.5) is 0 Å². The molecule has 2 unspecified atom stereocenters. The molecule has 1 aromatic heterocycles. The number of piperazine rings is 1. The van der Waals surface area contributed by atoms with Crippen LogP contribution in [-0.4, -0.2) is 36.5 Å². The zero-order valence-corrected chi connectivity index (χ0v) is 12.8. The summed E-state index contributed by atoms with van der Waals surface area (Å²) in [6.07, 6.45) is 0.901. The van der Waals surface area contributed by atoms with E-state index in [1.165, 1.54) is 4.88 Å². The Kier molecular flexibility index (Phi) is 4.77. The predicted octanol–water partition coefficient (Wildman–Crippen LogP) is 1.72. The number of amides is 1. The molecule has 6 heteroatoms. The molecule has 1 aromatic rings. The van der Waals surface area contributed by atoms with Crippen molar-refractivity contribution >= 4 is 33.2 Å². The number of thiophene rings is 1. The second-order valence-electron chi connectivity index (χ2n) is 4.50. The summed E-state index contributed by atoms with van der Waals surface area (Å²) in [4.78, 5) is 14.9. The zero-order valence-electron chi connectivity index (χ0n) is 10.4. The highest BCUT2D eigenvalue weighted by molar-refractivity contribution is 9.10. The van der Waals surface area contributed by atoms with Gasteiger partial charge in [0.15, 0.2) is 0 Å². The summed E-state index contributed by atoms with van der Waals surface area (Å²) in [6.45, 7) is 4.09. The highest BCUT2D eigenvalue weighted by Crippen LogP contribution is 2.32. The molecule has 18 heavy (non-hydrogen) atoms. The van der Waals surface area contributed by atoms with Crippen LogP contribution in [0.25, 0.3) is 0 Å². The van der Waals surface area contributed by atoms with Crippen LogP contribution in [-0.2, 0) is 4.79 Å². The van der Waals surface area contributed by atoms with Crippen LogP contribution in [0.5, 0.6) is 0 Å². The molecule has 1 saturated heterocycles. The standard InChI is InChI=1S/C12H18BrN3OS/c1-2-9(14)12(10-5-8(13)7-18-10)16-4-3-15-11(17)6-16/h5,7,9,12H,2-4,6,14H2,1H3,(H,15,17). The molecule has 4 nitrogen and oxygen atoms in total. The van der Waals surface area contributed by atoms with Crippen molar-refractivity contribution in [3.8, 4) is 0 Å². The number of carbonyl (C=O) groups is 1. The Bertz CT molecular complexity index is 423. The molecule has 1 aliphatic rings.